The standard InChI is InChI=1S/C17H15ClN2O6/c1-9(2)14-8-15(18)10(3)4-16(14)26-17(21)11-5-12(19(22)23)7-13(6-11)20(24)25/h4-9H,1-3H3. The second-order valence-electron chi connectivity index (χ2n) is 5.94. The van der Waals surface area contributed by atoms with Crippen LogP contribution < -0.4 is 4.74 Å². The smallest absolute Gasteiger partial charge is 0.344 e. The van der Waals surface area contributed by atoms with E-state index < -0.39 is 27.2 Å². The monoisotopic (exact) mass is 378 g/mol. The van der Waals surface area contributed by atoms with Crippen molar-refractivity contribution in [2.24, 2.45) is 0 Å². The number of hydrogen-bond donors (Lipinski definition) is 0. The molecule has 136 valence electrons. The first-order valence-corrected chi connectivity index (χ1v) is 7.94. The number of nitrogens with zero attached hydrogens (tertiary/aromatic N) is 2. The van der Waals surface area contributed by atoms with E-state index in [1.807, 2.05) is 13.8 Å². The van der Waals surface area contributed by atoms with Gasteiger partial charge in [0.15, 0.2) is 0 Å². The topological polar surface area (TPSA) is 113 Å². The summed E-state index contributed by atoms with van der Waals surface area (Å²) >= 11 is 6.10. The number of benzene rings is 2. The molecule has 0 saturated heterocycles. The number of ether oxygens (including phenoxy) is 1. The molecular formula is C17H15ClN2O6. The predicted molar refractivity (Wildman–Crippen MR) is 95.0 cm³/mol. The lowest BCUT2D eigenvalue weighted by Crippen LogP contribution is -2.11. The molecule has 0 heterocycles. The van der Waals surface area contributed by atoms with Gasteiger partial charge in [-0.2, -0.15) is 0 Å². The summed E-state index contributed by atoms with van der Waals surface area (Å²) in [7, 11) is 0. The lowest BCUT2D eigenvalue weighted by Gasteiger charge is -2.14. The first kappa shape index (κ1) is 19.3. The van der Waals surface area contributed by atoms with Crippen LogP contribution in [0.5, 0.6) is 5.75 Å². The van der Waals surface area contributed by atoms with Gasteiger partial charge in [0, 0.05) is 17.2 Å². The highest BCUT2D eigenvalue weighted by Gasteiger charge is 2.22. The highest BCUT2D eigenvalue weighted by Crippen LogP contribution is 2.33. The molecule has 9 heteroatoms. The van der Waals surface area contributed by atoms with Crippen molar-refractivity contribution >= 4 is 28.9 Å². The van der Waals surface area contributed by atoms with Crippen LogP contribution in [-0.2, 0) is 0 Å². The molecule has 0 fully saturated rings. The molecule has 0 aliphatic rings. The Morgan fingerprint density at radius 2 is 1.58 bits per heavy atom. The largest absolute Gasteiger partial charge is 0.423 e. The van der Waals surface area contributed by atoms with E-state index in [1.165, 1.54) is 0 Å². The number of halogens is 1. The van der Waals surface area contributed by atoms with Crippen LogP contribution >= 0.6 is 11.6 Å². The average molecular weight is 379 g/mol. The summed E-state index contributed by atoms with van der Waals surface area (Å²) in [5.74, 6) is -0.683. The molecule has 0 saturated carbocycles. The molecule has 26 heavy (non-hydrogen) atoms. The number of rotatable bonds is 5. The average Bonchev–Trinajstić information content (AvgIpc) is 2.57. The number of aryl methyl sites for hydroxylation is 1. The molecule has 0 radical (unpaired) electrons. The van der Waals surface area contributed by atoms with E-state index >= 15 is 0 Å². The Kier molecular flexibility index (Phi) is 5.56. The van der Waals surface area contributed by atoms with E-state index in [4.69, 9.17) is 16.3 Å². The Bertz CT molecular complexity index is 878. The van der Waals surface area contributed by atoms with E-state index in [1.54, 1.807) is 19.1 Å². The first-order chi connectivity index (χ1) is 12.1. The summed E-state index contributed by atoms with van der Waals surface area (Å²) in [5.41, 5.74) is -0.0592. The number of esters is 1. The minimum Gasteiger partial charge on any atom is -0.423 e. The van der Waals surface area contributed by atoms with Gasteiger partial charge in [0.25, 0.3) is 11.4 Å². The van der Waals surface area contributed by atoms with Crippen molar-refractivity contribution in [1.29, 1.82) is 0 Å². The summed E-state index contributed by atoms with van der Waals surface area (Å²) in [6.45, 7) is 5.51. The zero-order valence-corrected chi connectivity index (χ0v) is 14.9. The second-order valence-corrected chi connectivity index (χ2v) is 6.34. The normalized spacial score (nSPS) is 10.7. The molecule has 2 rings (SSSR count). The van der Waals surface area contributed by atoms with E-state index in [-0.39, 0.29) is 17.2 Å². The quantitative estimate of drug-likeness (QED) is 0.319. The van der Waals surface area contributed by atoms with Gasteiger partial charge in [-0.3, -0.25) is 20.2 Å². The summed E-state index contributed by atoms with van der Waals surface area (Å²) in [6.07, 6.45) is 0. The van der Waals surface area contributed by atoms with Gasteiger partial charge in [-0.05, 0) is 36.1 Å². The van der Waals surface area contributed by atoms with E-state index in [0.29, 0.717) is 16.1 Å². The molecule has 0 bridgehead atoms. The van der Waals surface area contributed by atoms with Crippen molar-refractivity contribution < 1.29 is 19.4 Å². The summed E-state index contributed by atoms with van der Waals surface area (Å²) in [6, 6.07) is 5.92. The van der Waals surface area contributed by atoms with Gasteiger partial charge in [-0.25, -0.2) is 4.79 Å². The zero-order valence-electron chi connectivity index (χ0n) is 14.2. The molecule has 2 aromatic rings. The molecule has 8 nitrogen and oxygen atoms in total. The fraction of sp³-hybridized carbons (Fsp3) is 0.235. The number of nitro groups is 2. The van der Waals surface area contributed by atoms with Gasteiger partial charge in [0.2, 0.25) is 0 Å². The van der Waals surface area contributed by atoms with E-state index in [2.05, 4.69) is 0 Å². The number of non-ortho nitro benzene ring substituents is 2. The minimum absolute atomic E-state index is 0.00431. The molecule has 0 aliphatic heterocycles. The zero-order chi connectivity index (χ0) is 19.6. The molecular weight excluding hydrogens is 364 g/mol. The van der Waals surface area contributed by atoms with Crippen LogP contribution in [0.4, 0.5) is 11.4 Å². The molecule has 0 spiro atoms. The Morgan fingerprint density at radius 1 is 1.04 bits per heavy atom. The van der Waals surface area contributed by atoms with Crippen molar-refractivity contribution in [2.45, 2.75) is 26.7 Å². The highest BCUT2D eigenvalue weighted by atomic mass is 35.5. The van der Waals surface area contributed by atoms with Crippen molar-refractivity contribution in [3.8, 4) is 5.75 Å². The molecule has 0 N–H and O–H groups in total. The molecule has 0 aliphatic carbocycles. The minimum atomic E-state index is -0.930. The Balaban J connectivity index is 2.47. The second kappa shape index (κ2) is 7.49. The third-order valence-electron chi connectivity index (χ3n) is 3.68. The number of carbonyl (C=O) groups excluding carboxylic acids is 1. The van der Waals surface area contributed by atoms with E-state index in [0.717, 1.165) is 18.2 Å². The van der Waals surface area contributed by atoms with Crippen molar-refractivity contribution in [3.05, 3.63) is 72.3 Å². The SMILES string of the molecule is Cc1cc(OC(=O)c2cc([N+](=O)[O-])cc([N+](=O)[O-])c2)c(C(C)C)cc1Cl. The van der Waals surface area contributed by atoms with Gasteiger partial charge in [-0.15, -0.1) is 0 Å². The predicted octanol–water partition coefficient (Wildman–Crippen LogP) is 4.81. The van der Waals surface area contributed by atoms with Crippen LogP contribution in [0.3, 0.4) is 0 Å². The Hall–Kier alpha value is -3.00. The van der Waals surface area contributed by atoms with Gasteiger partial charge < -0.3 is 4.74 Å². The fourth-order valence-corrected chi connectivity index (χ4v) is 2.46. The molecule has 2 aromatic carbocycles. The van der Waals surface area contributed by atoms with Gasteiger partial charge >= 0.3 is 5.97 Å². The Labute approximate surface area is 153 Å². The van der Waals surface area contributed by atoms with Crippen LogP contribution in [0, 0.1) is 27.2 Å². The molecule has 0 unspecified atom stereocenters. The number of nitro benzene ring substituents is 2. The third kappa shape index (κ3) is 4.15. The fourth-order valence-electron chi connectivity index (χ4n) is 2.29. The lowest BCUT2D eigenvalue weighted by atomic mass is 10.0. The van der Waals surface area contributed by atoms with Crippen molar-refractivity contribution in [1.82, 2.24) is 0 Å². The van der Waals surface area contributed by atoms with Gasteiger partial charge in [-0.1, -0.05) is 25.4 Å². The van der Waals surface area contributed by atoms with Crippen molar-refractivity contribution in [2.75, 3.05) is 0 Å². The van der Waals surface area contributed by atoms with Crippen LogP contribution in [-0.4, -0.2) is 15.8 Å². The van der Waals surface area contributed by atoms with Crippen LogP contribution in [0.25, 0.3) is 0 Å². The summed E-state index contributed by atoms with van der Waals surface area (Å²) in [5, 5.41) is 22.4. The number of carbonyl (C=O) groups is 1. The van der Waals surface area contributed by atoms with Crippen LogP contribution in [0.2, 0.25) is 5.02 Å². The maximum Gasteiger partial charge on any atom is 0.344 e. The maximum absolute atomic E-state index is 12.4. The maximum atomic E-state index is 12.4. The number of hydrogen-bond acceptors (Lipinski definition) is 6. The third-order valence-corrected chi connectivity index (χ3v) is 4.08. The van der Waals surface area contributed by atoms with E-state index in [9.17, 15) is 25.0 Å². The molecule has 0 amide bonds. The van der Waals surface area contributed by atoms with Gasteiger partial charge in [0.05, 0.1) is 21.5 Å². The molecule has 0 atom stereocenters. The highest BCUT2D eigenvalue weighted by molar-refractivity contribution is 6.31. The molecule has 0 aromatic heterocycles. The van der Waals surface area contributed by atoms with Gasteiger partial charge in [0.1, 0.15) is 5.75 Å². The first-order valence-electron chi connectivity index (χ1n) is 7.56. The lowest BCUT2D eigenvalue weighted by molar-refractivity contribution is -0.394. The summed E-state index contributed by atoms with van der Waals surface area (Å²) in [4.78, 5) is 32.7. The van der Waals surface area contributed by atoms with Crippen LogP contribution in [0.1, 0.15) is 41.3 Å². The van der Waals surface area contributed by atoms with Crippen LogP contribution in [0.15, 0.2) is 30.3 Å². The Morgan fingerprint density at radius 3 is 2.04 bits per heavy atom. The van der Waals surface area contributed by atoms with Crippen molar-refractivity contribution in [3.63, 3.8) is 0 Å². The summed E-state index contributed by atoms with van der Waals surface area (Å²) < 4.78 is 5.36.